The summed E-state index contributed by atoms with van der Waals surface area (Å²) in [5.74, 6) is -0.736. The van der Waals surface area contributed by atoms with Crippen LogP contribution < -0.4 is 4.74 Å². The van der Waals surface area contributed by atoms with Gasteiger partial charge in [0.05, 0.1) is 23.4 Å². The molecule has 5 rings (SSSR count). The first-order valence-electron chi connectivity index (χ1n) is 12.0. The largest absolute Gasteiger partial charge is 0.477 e. The average molecular weight is 562 g/mol. The number of aromatic nitrogens is 5. The molecule has 3 heterocycles. The van der Waals surface area contributed by atoms with Crippen LogP contribution in [0.4, 0.5) is 26.3 Å². The monoisotopic (exact) mass is 562 g/mol. The highest BCUT2D eigenvalue weighted by atomic mass is 19.4. The minimum atomic E-state index is -5.01. The van der Waals surface area contributed by atoms with Crippen molar-refractivity contribution in [2.45, 2.75) is 32.2 Å². The third kappa shape index (κ3) is 5.46. The first-order chi connectivity index (χ1) is 18.9. The summed E-state index contributed by atoms with van der Waals surface area (Å²) < 4.78 is 87.8. The van der Waals surface area contributed by atoms with Gasteiger partial charge >= 0.3 is 12.4 Å². The van der Waals surface area contributed by atoms with Crippen LogP contribution in [-0.4, -0.2) is 48.7 Å². The van der Waals surface area contributed by atoms with E-state index < -0.39 is 35.9 Å². The van der Waals surface area contributed by atoms with Gasteiger partial charge < -0.3 is 9.64 Å². The quantitative estimate of drug-likeness (QED) is 0.306. The number of carbonyl (C=O) groups excluding carboxylic acids is 1. The summed E-state index contributed by atoms with van der Waals surface area (Å²) in [5.41, 5.74) is -1.83. The van der Waals surface area contributed by atoms with E-state index in [1.807, 2.05) is 0 Å². The number of carbonyl (C=O) groups is 1. The van der Waals surface area contributed by atoms with Gasteiger partial charge in [0, 0.05) is 18.7 Å². The first-order valence-corrected chi connectivity index (χ1v) is 12.0. The van der Waals surface area contributed by atoms with Crippen LogP contribution in [0.25, 0.3) is 17.2 Å². The molecule has 2 aromatic heterocycles. The van der Waals surface area contributed by atoms with E-state index >= 15 is 0 Å². The highest BCUT2D eigenvalue weighted by Gasteiger charge is 2.37. The van der Waals surface area contributed by atoms with Crippen molar-refractivity contribution < 1.29 is 35.9 Å². The van der Waals surface area contributed by atoms with Crippen molar-refractivity contribution in [2.24, 2.45) is 0 Å². The predicted molar refractivity (Wildman–Crippen MR) is 128 cm³/mol. The summed E-state index contributed by atoms with van der Waals surface area (Å²) in [6.45, 7) is 1.37. The number of hydrogen-bond donors (Lipinski definition) is 0. The molecule has 0 radical (unpaired) electrons. The smallest absolute Gasteiger partial charge is 0.416 e. The van der Waals surface area contributed by atoms with Crippen LogP contribution in [0, 0.1) is 6.92 Å². The molecular weight excluding hydrogens is 542 g/mol. The molecule has 0 fully saturated rings. The molecule has 0 spiro atoms. The lowest BCUT2D eigenvalue weighted by Gasteiger charge is -2.28. The second kappa shape index (κ2) is 10.2. The van der Waals surface area contributed by atoms with Crippen LogP contribution in [0.15, 0.2) is 55.1 Å². The van der Waals surface area contributed by atoms with E-state index in [1.165, 1.54) is 22.2 Å². The van der Waals surface area contributed by atoms with E-state index in [1.54, 1.807) is 31.2 Å². The molecule has 1 amide bonds. The molecule has 0 aliphatic carbocycles. The fourth-order valence-corrected chi connectivity index (χ4v) is 4.34. The zero-order valence-electron chi connectivity index (χ0n) is 20.8. The van der Waals surface area contributed by atoms with Crippen LogP contribution in [0.5, 0.6) is 5.88 Å². The van der Waals surface area contributed by atoms with E-state index in [2.05, 4.69) is 20.1 Å². The van der Waals surface area contributed by atoms with Crippen LogP contribution in [0.3, 0.4) is 0 Å². The van der Waals surface area contributed by atoms with E-state index in [-0.39, 0.29) is 54.3 Å². The van der Waals surface area contributed by atoms with Crippen molar-refractivity contribution in [1.82, 2.24) is 29.6 Å². The molecule has 0 saturated carbocycles. The van der Waals surface area contributed by atoms with Crippen molar-refractivity contribution in [3.63, 3.8) is 0 Å². The molecule has 208 valence electrons. The normalized spacial score (nSPS) is 14.4. The molecule has 40 heavy (non-hydrogen) atoms. The number of alkyl halides is 6. The van der Waals surface area contributed by atoms with Crippen molar-refractivity contribution in [3.8, 4) is 23.1 Å². The Hall–Kier alpha value is -4.49. The topological polar surface area (TPSA) is 86.0 Å². The molecule has 14 heteroatoms. The van der Waals surface area contributed by atoms with Crippen LogP contribution >= 0.6 is 0 Å². The number of fused-ring (bicyclic) bond motifs is 1. The maximum absolute atomic E-state index is 13.9. The van der Waals surface area contributed by atoms with Gasteiger partial charge in [-0.15, -0.1) is 0 Å². The number of hydrogen-bond acceptors (Lipinski definition) is 6. The predicted octanol–water partition coefficient (Wildman–Crippen LogP) is 5.50. The van der Waals surface area contributed by atoms with Gasteiger partial charge in [0.2, 0.25) is 5.88 Å². The van der Waals surface area contributed by atoms with Crippen molar-refractivity contribution in [3.05, 3.63) is 82.9 Å². The number of nitrogens with zero attached hydrogens (tertiary/aromatic N) is 6. The molecule has 0 N–H and O–H groups in total. The van der Waals surface area contributed by atoms with Crippen molar-refractivity contribution in [1.29, 1.82) is 0 Å². The number of halogens is 6. The molecule has 0 atom stereocenters. The van der Waals surface area contributed by atoms with Gasteiger partial charge in [0.1, 0.15) is 18.2 Å². The zero-order valence-corrected chi connectivity index (χ0v) is 20.8. The number of amides is 1. The molecule has 1 aliphatic rings. The van der Waals surface area contributed by atoms with Gasteiger partial charge in [0.25, 0.3) is 11.9 Å². The molecular formula is C26H20F6N6O2. The highest BCUT2D eigenvalue weighted by molar-refractivity contribution is 6.02. The standard InChI is InChI=1S/C26H20F6N6O2/c1-15-5-2-3-6-19(15)21-20-22(36-24(35-21)38-14-33-13-34-38)40-8-4-7-37(23(20)39)12-16-9-17(25(27,28)29)11-18(10-16)26(30,31)32/h2-3,5-6,9-11,13-14H,4,7-8,12H2,1H3. The van der Waals surface area contributed by atoms with Gasteiger partial charge in [-0.3, -0.25) is 4.79 Å². The molecule has 2 aromatic carbocycles. The summed E-state index contributed by atoms with van der Waals surface area (Å²) in [6.07, 6.45) is -7.16. The Morgan fingerprint density at radius 1 is 0.975 bits per heavy atom. The number of rotatable bonds is 4. The zero-order chi connectivity index (χ0) is 28.7. The number of ether oxygens (including phenoxy) is 1. The lowest BCUT2D eigenvalue weighted by molar-refractivity contribution is -0.143. The molecule has 4 aromatic rings. The lowest BCUT2D eigenvalue weighted by atomic mass is 10.00. The Kier molecular flexibility index (Phi) is 6.94. The Labute approximate surface area is 223 Å². The first kappa shape index (κ1) is 27.1. The van der Waals surface area contributed by atoms with Gasteiger partial charge in [-0.2, -0.15) is 41.1 Å². The van der Waals surface area contributed by atoms with E-state index in [0.29, 0.717) is 17.7 Å². The minimum absolute atomic E-state index is 0.00785. The molecule has 0 bridgehead atoms. The van der Waals surface area contributed by atoms with Gasteiger partial charge in [-0.05, 0) is 42.7 Å². The fraction of sp³-hybridized carbons (Fsp3) is 0.269. The number of aryl methyl sites for hydroxylation is 1. The summed E-state index contributed by atoms with van der Waals surface area (Å²) in [7, 11) is 0. The summed E-state index contributed by atoms with van der Waals surface area (Å²) >= 11 is 0. The maximum Gasteiger partial charge on any atom is 0.416 e. The second-order valence-corrected chi connectivity index (χ2v) is 9.05. The Balaban J connectivity index is 1.63. The third-order valence-corrected chi connectivity index (χ3v) is 6.22. The highest BCUT2D eigenvalue weighted by Crippen LogP contribution is 2.37. The molecule has 0 unspecified atom stereocenters. The second-order valence-electron chi connectivity index (χ2n) is 9.05. The van der Waals surface area contributed by atoms with Crippen molar-refractivity contribution >= 4 is 5.91 Å². The minimum Gasteiger partial charge on any atom is -0.477 e. The van der Waals surface area contributed by atoms with E-state index in [4.69, 9.17) is 4.74 Å². The van der Waals surface area contributed by atoms with Gasteiger partial charge in [-0.1, -0.05) is 24.3 Å². The van der Waals surface area contributed by atoms with Gasteiger partial charge in [0.15, 0.2) is 0 Å². The molecule has 1 aliphatic heterocycles. The summed E-state index contributed by atoms with van der Waals surface area (Å²) in [5, 5.41) is 4.03. The fourth-order valence-electron chi connectivity index (χ4n) is 4.34. The SMILES string of the molecule is Cc1ccccc1-c1nc(-n2cncn2)nc2c1C(=O)N(Cc1cc(C(F)(F)F)cc(C(F)(F)F)c1)CCCO2. The van der Waals surface area contributed by atoms with Crippen LogP contribution in [0.2, 0.25) is 0 Å². The average Bonchev–Trinajstić information content (AvgIpc) is 3.43. The third-order valence-electron chi connectivity index (χ3n) is 6.22. The lowest BCUT2D eigenvalue weighted by Crippen LogP contribution is -2.35. The van der Waals surface area contributed by atoms with Crippen LogP contribution in [-0.2, 0) is 18.9 Å². The maximum atomic E-state index is 13.9. The summed E-state index contributed by atoms with van der Waals surface area (Å²) in [4.78, 5) is 27.9. The summed E-state index contributed by atoms with van der Waals surface area (Å²) in [6, 6.07) is 8.33. The van der Waals surface area contributed by atoms with E-state index in [0.717, 1.165) is 5.56 Å². The molecule has 8 nitrogen and oxygen atoms in total. The van der Waals surface area contributed by atoms with Crippen LogP contribution in [0.1, 0.15) is 39.0 Å². The Bertz CT molecular complexity index is 1520. The Morgan fingerprint density at radius 3 is 2.30 bits per heavy atom. The van der Waals surface area contributed by atoms with E-state index in [9.17, 15) is 31.1 Å². The molecule has 0 saturated heterocycles. The van der Waals surface area contributed by atoms with Gasteiger partial charge in [-0.25, -0.2) is 9.97 Å². The Morgan fingerprint density at radius 2 is 1.68 bits per heavy atom. The number of benzene rings is 2. The van der Waals surface area contributed by atoms with Crippen molar-refractivity contribution in [2.75, 3.05) is 13.2 Å².